The van der Waals surface area contributed by atoms with Crippen LogP contribution in [0.15, 0.2) is 48.5 Å². The molecule has 0 aromatic heterocycles. The van der Waals surface area contributed by atoms with Crippen molar-refractivity contribution in [2.24, 2.45) is 0 Å². The van der Waals surface area contributed by atoms with Crippen LogP contribution in [0.1, 0.15) is 37.0 Å². The van der Waals surface area contributed by atoms with Crippen molar-refractivity contribution in [3.8, 4) is 11.5 Å². The lowest BCUT2D eigenvalue weighted by molar-refractivity contribution is 0.108. The van der Waals surface area contributed by atoms with Gasteiger partial charge in [-0.2, -0.15) is 0 Å². The van der Waals surface area contributed by atoms with E-state index in [2.05, 4.69) is 26.0 Å². The van der Waals surface area contributed by atoms with Gasteiger partial charge in [0.05, 0.1) is 7.11 Å². The van der Waals surface area contributed by atoms with Crippen LogP contribution in [0.5, 0.6) is 11.5 Å². The molecule has 21 heavy (non-hydrogen) atoms. The zero-order valence-electron chi connectivity index (χ0n) is 12.7. The number of hydrogen-bond acceptors (Lipinski definition) is 3. The Bertz CT molecular complexity index is 561. The van der Waals surface area contributed by atoms with Crippen molar-refractivity contribution in [2.45, 2.75) is 25.9 Å². The molecule has 2 rings (SSSR count). The summed E-state index contributed by atoms with van der Waals surface area (Å²) in [4.78, 5) is 0. The van der Waals surface area contributed by atoms with Gasteiger partial charge in [0.25, 0.3) is 0 Å². The van der Waals surface area contributed by atoms with Crippen molar-refractivity contribution in [3.05, 3.63) is 59.7 Å². The highest BCUT2D eigenvalue weighted by Gasteiger charge is 2.09. The third-order valence-electron chi connectivity index (χ3n) is 3.44. The van der Waals surface area contributed by atoms with E-state index in [-0.39, 0.29) is 6.61 Å². The Kier molecular flexibility index (Phi) is 5.23. The number of benzene rings is 2. The molecule has 2 aromatic rings. The maximum absolute atomic E-state index is 10.2. The molecule has 2 aromatic carbocycles. The number of hydrogen-bond donors (Lipinski definition) is 1. The summed E-state index contributed by atoms with van der Waals surface area (Å²) in [7, 11) is 1.62. The number of methoxy groups -OCH3 is 1. The van der Waals surface area contributed by atoms with Gasteiger partial charge in [-0.1, -0.05) is 44.2 Å². The fraction of sp³-hybridized carbons (Fsp3) is 0.333. The summed E-state index contributed by atoms with van der Waals surface area (Å²) < 4.78 is 10.8. The smallest absolute Gasteiger partial charge is 0.123 e. The first kappa shape index (κ1) is 15.4. The average molecular weight is 286 g/mol. The maximum atomic E-state index is 10.2. The highest BCUT2D eigenvalue weighted by molar-refractivity contribution is 5.33. The highest BCUT2D eigenvalue weighted by atomic mass is 16.5. The molecule has 1 atom stereocenters. The van der Waals surface area contributed by atoms with Crippen molar-refractivity contribution in [3.63, 3.8) is 0 Å². The molecule has 0 aliphatic rings. The molecule has 3 heteroatoms. The molecular weight excluding hydrogens is 264 g/mol. The third-order valence-corrected chi connectivity index (χ3v) is 3.44. The highest BCUT2D eigenvalue weighted by Crippen LogP contribution is 2.22. The minimum Gasteiger partial charge on any atom is -0.497 e. The number of aliphatic hydroxyl groups excluding tert-OH is 1. The van der Waals surface area contributed by atoms with Gasteiger partial charge < -0.3 is 14.6 Å². The fourth-order valence-electron chi connectivity index (χ4n) is 2.07. The second-order valence-electron chi connectivity index (χ2n) is 5.33. The first-order valence-corrected chi connectivity index (χ1v) is 7.15. The Hall–Kier alpha value is -2.00. The molecule has 1 unspecified atom stereocenters. The number of rotatable bonds is 6. The lowest BCUT2D eigenvalue weighted by Gasteiger charge is -2.14. The van der Waals surface area contributed by atoms with Crippen LogP contribution in [0.3, 0.4) is 0 Å². The van der Waals surface area contributed by atoms with E-state index in [0.717, 1.165) is 11.3 Å². The zero-order chi connectivity index (χ0) is 15.2. The molecule has 0 aliphatic heterocycles. The normalized spacial score (nSPS) is 12.2. The Morgan fingerprint density at radius 1 is 0.952 bits per heavy atom. The summed E-state index contributed by atoms with van der Waals surface area (Å²) >= 11 is 0. The monoisotopic (exact) mass is 286 g/mol. The van der Waals surface area contributed by atoms with Crippen LogP contribution >= 0.6 is 0 Å². The summed E-state index contributed by atoms with van der Waals surface area (Å²) in [6.45, 7) is 4.52. The van der Waals surface area contributed by atoms with E-state index in [1.165, 1.54) is 5.56 Å². The van der Waals surface area contributed by atoms with Gasteiger partial charge in [-0.05, 0) is 29.2 Å². The minimum absolute atomic E-state index is 0.216. The summed E-state index contributed by atoms with van der Waals surface area (Å²) in [5, 5.41) is 10.2. The standard InChI is InChI=1S/C18H22O3/c1-13(2)14-7-9-15(10-8-14)18(19)12-21-17-6-4-5-16(11-17)20-3/h4-11,13,18-19H,12H2,1-3H3. The quantitative estimate of drug-likeness (QED) is 0.874. The van der Waals surface area contributed by atoms with Crippen molar-refractivity contribution in [1.82, 2.24) is 0 Å². The Morgan fingerprint density at radius 3 is 2.19 bits per heavy atom. The first-order valence-electron chi connectivity index (χ1n) is 7.15. The number of ether oxygens (including phenoxy) is 2. The fourth-order valence-corrected chi connectivity index (χ4v) is 2.07. The molecule has 1 N–H and O–H groups in total. The molecule has 112 valence electrons. The lowest BCUT2D eigenvalue weighted by atomic mass is 10.0. The molecular formula is C18H22O3. The van der Waals surface area contributed by atoms with Gasteiger partial charge in [-0.25, -0.2) is 0 Å². The second-order valence-corrected chi connectivity index (χ2v) is 5.33. The van der Waals surface area contributed by atoms with E-state index in [9.17, 15) is 5.11 Å². The van der Waals surface area contributed by atoms with Gasteiger partial charge in [-0.3, -0.25) is 0 Å². The molecule has 0 saturated carbocycles. The van der Waals surface area contributed by atoms with Crippen molar-refractivity contribution < 1.29 is 14.6 Å². The van der Waals surface area contributed by atoms with Crippen LogP contribution in [0.2, 0.25) is 0 Å². The minimum atomic E-state index is -0.641. The summed E-state index contributed by atoms with van der Waals surface area (Å²) in [6.07, 6.45) is -0.641. The largest absolute Gasteiger partial charge is 0.497 e. The summed E-state index contributed by atoms with van der Waals surface area (Å²) in [6, 6.07) is 15.4. The first-order chi connectivity index (χ1) is 10.1. The van der Waals surface area contributed by atoms with E-state index < -0.39 is 6.10 Å². The van der Waals surface area contributed by atoms with Gasteiger partial charge in [0.1, 0.15) is 24.2 Å². The van der Waals surface area contributed by atoms with Crippen LogP contribution in [0.25, 0.3) is 0 Å². The van der Waals surface area contributed by atoms with Crippen LogP contribution in [0, 0.1) is 0 Å². The van der Waals surface area contributed by atoms with Gasteiger partial charge in [0.15, 0.2) is 0 Å². The van der Waals surface area contributed by atoms with Crippen molar-refractivity contribution in [2.75, 3.05) is 13.7 Å². The predicted octanol–water partition coefficient (Wildman–Crippen LogP) is 3.93. The molecule has 0 saturated heterocycles. The Morgan fingerprint density at radius 2 is 1.57 bits per heavy atom. The molecule has 0 spiro atoms. The molecule has 0 bridgehead atoms. The molecule has 0 aliphatic carbocycles. The van der Waals surface area contributed by atoms with Crippen LogP contribution in [-0.4, -0.2) is 18.8 Å². The summed E-state index contributed by atoms with van der Waals surface area (Å²) in [5.41, 5.74) is 2.13. The van der Waals surface area contributed by atoms with E-state index in [1.807, 2.05) is 30.3 Å². The van der Waals surface area contributed by atoms with Crippen LogP contribution in [-0.2, 0) is 0 Å². The maximum Gasteiger partial charge on any atom is 0.123 e. The SMILES string of the molecule is COc1cccc(OCC(O)c2ccc(C(C)C)cc2)c1. The average Bonchev–Trinajstić information content (AvgIpc) is 2.53. The lowest BCUT2D eigenvalue weighted by Crippen LogP contribution is -2.09. The van der Waals surface area contributed by atoms with E-state index >= 15 is 0 Å². The Balaban J connectivity index is 1.96. The van der Waals surface area contributed by atoms with Crippen molar-refractivity contribution in [1.29, 1.82) is 0 Å². The second kappa shape index (κ2) is 7.14. The van der Waals surface area contributed by atoms with Gasteiger partial charge >= 0.3 is 0 Å². The zero-order valence-corrected chi connectivity index (χ0v) is 12.7. The predicted molar refractivity (Wildman–Crippen MR) is 84.0 cm³/mol. The van der Waals surface area contributed by atoms with Crippen molar-refractivity contribution >= 4 is 0 Å². The van der Waals surface area contributed by atoms with E-state index in [0.29, 0.717) is 11.7 Å². The van der Waals surface area contributed by atoms with Gasteiger partial charge in [0.2, 0.25) is 0 Å². The molecule has 0 heterocycles. The van der Waals surface area contributed by atoms with Gasteiger partial charge in [-0.15, -0.1) is 0 Å². The summed E-state index contributed by atoms with van der Waals surface area (Å²) in [5.74, 6) is 1.92. The van der Waals surface area contributed by atoms with Crippen LogP contribution < -0.4 is 9.47 Å². The van der Waals surface area contributed by atoms with E-state index in [1.54, 1.807) is 13.2 Å². The molecule has 3 nitrogen and oxygen atoms in total. The molecule has 0 fully saturated rings. The van der Waals surface area contributed by atoms with Gasteiger partial charge in [0, 0.05) is 6.07 Å². The topological polar surface area (TPSA) is 38.7 Å². The molecule has 0 radical (unpaired) electrons. The molecule has 0 amide bonds. The van der Waals surface area contributed by atoms with E-state index in [4.69, 9.17) is 9.47 Å². The Labute approximate surface area is 126 Å². The third kappa shape index (κ3) is 4.23. The van der Waals surface area contributed by atoms with Crippen LogP contribution in [0.4, 0.5) is 0 Å². The number of aliphatic hydroxyl groups is 1.